The summed E-state index contributed by atoms with van der Waals surface area (Å²) in [6.07, 6.45) is 5.84. The molecular weight excluding hydrogens is 602 g/mol. The van der Waals surface area contributed by atoms with Gasteiger partial charge in [-0.1, -0.05) is 0 Å². The van der Waals surface area contributed by atoms with Gasteiger partial charge >= 0.3 is 5.63 Å². The largest absolute Gasteiger partial charge is 0.490 e. The Morgan fingerprint density at radius 3 is 2.43 bits per heavy atom. The van der Waals surface area contributed by atoms with E-state index < -0.39 is 0 Å². The minimum atomic E-state index is -0.380. The van der Waals surface area contributed by atoms with E-state index in [2.05, 4.69) is 38.9 Å². The lowest BCUT2D eigenvalue weighted by Crippen LogP contribution is -2.44. The summed E-state index contributed by atoms with van der Waals surface area (Å²) < 4.78 is 17.4. The molecule has 2 amide bonds. The molecule has 3 aliphatic heterocycles. The number of carbonyl (C=O) groups is 2. The summed E-state index contributed by atoms with van der Waals surface area (Å²) >= 11 is 1.33. The van der Waals surface area contributed by atoms with Crippen molar-refractivity contribution in [3.63, 3.8) is 0 Å². The summed E-state index contributed by atoms with van der Waals surface area (Å²) in [5.74, 6) is 0.00335. The van der Waals surface area contributed by atoms with Crippen LogP contribution in [0.25, 0.3) is 11.0 Å². The molecule has 4 heterocycles. The van der Waals surface area contributed by atoms with Crippen LogP contribution in [0.2, 0.25) is 0 Å². The van der Waals surface area contributed by atoms with Crippen molar-refractivity contribution in [2.45, 2.75) is 65.0 Å². The Morgan fingerprint density at radius 2 is 1.72 bits per heavy atom. The van der Waals surface area contributed by atoms with Crippen molar-refractivity contribution in [2.75, 3.05) is 57.8 Å². The Bertz CT molecular complexity index is 1720. The van der Waals surface area contributed by atoms with Gasteiger partial charge in [0.25, 0.3) is 11.8 Å². The van der Waals surface area contributed by atoms with Gasteiger partial charge in [-0.25, -0.2) is 9.10 Å². The van der Waals surface area contributed by atoms with Gasteiger partial charge in [-0.15, -0.1) is 0 Å². The van der Waals surface area contributed by atoms with Crippen molar-refractivity contribution in [3.8, 4) is 5.75 Å². The highest BCUT2D eigenvalue weighted by atomic mass is 32.2. The van der Waals surface area contributed by atoms with Crippen LogP contribution >= 0.6 is 12.1 Å². The Labute approximate surface area is 274 Å². The van der Waals surface area contributed by atoms with Crippen LogP contribution in [-0.4, -0.2) is 84.9 Å². The minimum absolute atomic E-state index is 0.0476. The molecule has 244 valence electrons. The number of hydrogen-bond donors (Lipinski definition) is 1. The average molecular weight is 646 g/mol. The van der Waals surface area contributed by atoms with Crippen LogP contribution in [0, 0.1) is 13.8 Å². The molecule has 1 saturated carbocycles. The fraction of sp³-hybridized carbons (Fsp3) is 0.514. The highest BCUT2D eigenvalue weighted by Crippen LogP contribution is 2.36. The number of amides is 2. The predicted octanol–water partition coefficient (Wildman–Crippen LogP) is 4.68. The van der Waals surface area contributed by atoms with Gasteiger partial charge in [0.1, 0.15) is 11.3 Å². The Balaban J connectivity index is 1.13. The third-order valence-electron chi connectivity index (χ3n) is 10.1. The van der Waals surface area contributed by atoms with Crippen LogP contribution < -0.4 is 20.0 Å². The first-order chi connectivity index (χ1) is 22.3. The first-order valence-electron chi connectivity index (χ1n) is 16.6. The van der Waals surface area contributed by atoms with Gasteiger partial charge < -0.3 is 23.9 Å². The summed E-state index contributed by atoms with van der Waals surface area (Å²) in [6.45, 7) is 10.6. The monoisotopic (exact) mass is 645 g/mol. The second-order valence-corrected chi connectivity index (χ2v) is 14.1. The number of nitrogens with one attached hydrogen (secondary N) is 1. The molecule has 0 bridgehead atoms. The van der Waals surface area contributed by atoms with Crippen LogP contribution in [0.1, 0.15) is 75.1 Å². The zero-order valence-corrected chi connectivity index (χ0v) is 27.8. The summed E-state index contributed by atoms with van der Waals surface area (Å²) in [6, 6.07) is 7.30. The number of aryl methyl sites for hydroxylation is 2. The number of ether oxygens (including phenoxy) is 1. The number of piperazine rings is 1. The number of rotatable bonds is 7. The molecule has 1 aromatic heterocycles. The molecule has 1 N–H and O–H groups in total. The summed E-state index contributed by atoms with van der Waals surface area (Å²) in [7, 11) is 2.14. The van der Waals surface area contributed by atoms with Gasteiger partial charge in [0, 0.05) is 80.1 Å². The number of hydrogen-bond acceptors (Lipinski definition) is 9. The normalized spacial score (nSPS) is 19.3. The molecular formula is C35H43N5O5S. The first-order valence-corrected chi connectivity index (χ1v) is 17.4. The standard InChI is InChI=1S/C35H43N5O5S/c1-22-19-29(38-17-15-37(3)16-18-38)23(2)32-31(22)26-11-14-39(21-28(26)35(43)45-32)34(42)24-9-10-27(30(20-24)44-25-7-6-8-25)33(41)36-46-40-12-4-5-13-40/h9-10,19-20,25H,4-8,11-18,21H2,1-3H3,(H,36,41). The first kappa shape index (κ1) is 31.1. The molecule has 2 aromatic carbocycles. The third-order valence-corrected chi connectivity index (χ3v) is 11.0. The molecule has 0 radical (unpaired) electrons. The van der Waals surface area contributed by atoms with E-state index in [1.165, 1.54) is 12.1 Å². The molecule has 46 heavy (non-hydrogen) atoms. The number of anilines is 1. The summed E-state index contributed by atoms with van der Waals surface area (Å²) in [5, 5.41) is 0.996. The van der Waals surface area contributed by atoms with Crippen molar-refractivity contribution >= 4 is 40.6 Å². The van der Waals surface area contributed by atoms with Crippen LogP contribution in [0.15, 0.2) is 33.5 Å². The van der Waals surface area contributed by atoms with E-state index in [0.29, 0.717) is 41.0 Å². The third kappa shape index (κ3) is 6.00. The van der Waals surface area contributed by atoms with E-state index in [-0.39, 0.29) is 30.1 Å². The molecule has 7 rings (SSSR count). The van der Waals surface area contributed by atoms with Gasteiger partial charge in [-0.3, -0.25) is 14.3 Å². The summed E-state index contributed by atoms with van der Waals surface area (Å²) in [5.41, 5.74) is 5.88. The summed E-state index contributed by atoms with van der Waals surface area (Å²) in [4.78, 5) is 46.9. The van der Waals surface area contributed by atoms with E-state index in [1.54, 1.807) is 23.1 Å². The SMILES string of the molecule is Cc1c(N2CCN(C)CC2)cc(C)c2c3c(c(=O)oc12)CN(C(=O)c1ccc(C(=O)NSN2CCCC2)c(OC2CCC2)c1)CC3. The second-order valence-electron chi connectivity index (χ2n) is 13.2. The van der Waals surface area contributed by atoms with E-state index in [0.717, 1.165) is 99.1 Å². The maximum Gasteiger partial charge on any atom is 0.341 e. The number of fused-ring (bicyclic) bond motifs is 3. The number of carbonyl (C=O) groups excluding carboxylic acids is 2. The van der Waals surface area contributed by atoms with Gasteiger partial charge in [0.2, 0.25) is 0 Å². The van der Waals surface area contributed by atoms with Gasteiger partial charge in [0.15, 0.2) is 0 Å². The molecule has 0 unspecified atom stereocenters. The predicted molar refractivity (Wildman–Crippen MR) is 181 cm³/mol. The van der Waals surface area contributed by atoms with Crippen molar-refractivity contribution in [1.29, 1.82) is 0 Å². The van der Waals surface area contributed by atoms with Crippen molar-refractivity contribution in [1.82, 2.24) is 18.8 Å². The molecule has 11 heteroatoms. The van der Waals surface area contributed by atoms with Gasteiger partial charge in [-0.2, -0.15) is 0 Å². The molecule has 3 fully saturated rings. The van der Waals surface area contributed by atoms with Crippen LogP contribution in [-0.2, 0) is 13.0 Å². The van der Waals surface area contributed by atoms with E-state index in [1.807, 2.05) is 6.92 Å². The Morgan fingerprint density at radius 1 is 0.957 bits per heavy atom. The molecule has 10 nitrogen and oxygen atoms in total. The zero-order valence-electron chi connectivity index (χ0n) is 27.0. The Hall–Kier alpha value is -3.54. The highest BCUT2D eigenvalue weighted by Gasteiger charge is 2.30. The van der Waals surface area contributed by atoms with E-state index in [9.17, 15) is 14.4 Å². The van der Waals surface area contributed by atoms with Crippen molar-refractivity contribution in [3.05, 3.63) is 68.1 Å². The lowest BCUT2D eigenvalue weighted by molar-refractivity contribution is 0.0729. The average Bonchev–Trinajstić information content (AvgIpc) is 3.57. The van der Waals surface area contributed by atoms with E-state index in [4.69, 9.17) is 9.15 Å². The quantitative estimate of drug-likeness (QED) is 0.290. The van der Waals surface area contributed by atoms with Crippen LogP contribution in [0.3, 0.4) is 0 Å². The smallest absolute Gasteiger partial charge is 0.341 e. The maximum atomic E-state index is 13.9. The molecule has 1 aliphatic carbocycles. The fourth-order valence-corrected chi connectivity index (χ4v) is 7.80. The highest BCUT2D eigenvalue weighted by molar-refractivity contribution is 7.95. The number of benzene rings is 2. The zero-order chi connectivity index (χ0) is 31.9. The van der Waals surface area contributed by atoms with Crippen molar-refractivity contribution < 1.29 is 18.7 Å². The molecule has 4 aliphatic rings. The molecule has 2 saturated heterocycles. The second kappa shape index (κ2) is 12.9. The lowest BCUT2D eigenvalue weighted by atomic mass is 9.92. The topological polar surface area (TPSA) is 98.6 Å². The fourth-order valence-electron chi connectivity index (χ4n) is 7.03. The molecule has 0 atom stereocenters. The lowest BCUT2D eigenvalue weighted by Gasteiger charge is -2.35. The Kier molecular flexibility index (Phi) is 8.73. The maximum absolute atomic E-state index is 13.9. The molecule has 0 spiro atoms. The van der Waals surface area contributed by atoms with E-state index >= 15 is 0 Å². The van der Waals surface area contributed by atoms with Crippen LogP contribution in [0.5, 0.6) is 5.75 Å². The number of likely N-dealkylation sites (N-methyl/N-ethyl adjacent to an activating group) is 1. The van der Waals surface area contributed by atoms with Crippen LogP contribution in [0.4, 0.5) is 5.69 Å². The van der Waals surface area contributed by atoms with Gasteiger partial charge in [-0.05, 0) is 94.8 Å². The minimum Gasteiger partial charge on any atom is -0.490 e. The van der Waals surface area contributed by atoms with Gasteiger partial charge in [0.05, 0.1) is 23.8 Å². The molecule has 3 aromatic rings. The number of nitrogens with zero attached hydrogens (tertiary/aromatic N) is 4. The van der Waals surface area contributed by atoms with Crippen molar-refractivity contribution in [2.24, 2.45) is 0 Å².